The Kier molecular flexibility index (Phi) is 7.41. The van der Waals surface area contributed by atoms with Crippen molar-refractivity contribution in [2.45, 2.75) is 33.7 Å². The Labute approximate surface area is 170 Å². The average molecular weight is 401 g/mol. The summed E-state index contributed by atoms with van der Waals surface area (Å²) in [5.74, 6) is -0.696. The highest BCUT2D eigenvalue weighted by molar-refractivity contribution is 5.93. The minimum Gasteiger partial charge on any atom is -0.497 e. The molecule has 0 saturated carbocycles. The van der Waals surface area contributed by atoms with Gasteiger partial charge in [0.25, 0.3) is 5.91 Å². The molecule has 1 heterocycles. The summed E-state index contributed by atoms with van der Waals surface area (Å²) >= 11 is 0. The summed E-state index contributed by atoms with van der Waals surface area (Å²) in [6.45, 7) is 7.05. The molecule has 0 radical (unpaired) electrons. The lowest BCUT2D eigenvalue weighted by molar-refractivity contribution is -0.130. The number of likely N-dealkylation sites (N-methyl/N-ethyl adjacent to an activating group) is 1. The molecule has 2 rings (SSSR count). The number of nitrogens with one attached hydrogen (secondary N) is 2. The Hall–Kier alpha value is -3.29. The zero-order valence-corrected chi connectivity index (χ0v) is 17.4. The number of aromatic nitrogens is 1. The van der Waals surface area contributed by atoms with E-state index in [2.05, 4.69) is 10.6 Å². The summed E-state index contributed by atoms with van der Waals surface area (Å²) in [5.41, 5.74) is 2.82. The second kappa shape index (κ2) is 9.77. The lowest BCUT2D eigenvalue weighted by atomic mass is 10.2. The Bertz CT molecular complexity index is 886. The van der Waals surface area contributed by atoms with Gasteiger partial charge in [-0.15, -0.1) is 0 Å². The van der Waals surface area contributed by atoms with Crippen LogP contribution in [0.4, 0.5) is 0 Å². The Balaban J connectivity index is 2.04. The molecule has 1 atom stereocenters. The maximum atomic E-state index is 12.5. The lowest BCUT2D eigenvalue weighted by Gasteiger charge is -2.13. The van der Waals surface area contributed by atoms with Gasteiger partial charge < -0.3 is 24.7 Å². The highest BCUT2D eigenvalue weighted by Gasteiger charge is 2.20. The van der Waals surface area contributed by atoms with E-state index in [1.165, 1.54) is 0 Å². The molecular weight excluding hydrogens is 374 g/mol. The summed E-state index contributed by atoms with van der Waals surface area (Å²) in [6, 6.07) is 8.48. The minimum atomic E-state index is -0.707. The van der Waals surface area contributed by atoms with Crippen molar-refractivity contribution in [3.8, 4) is 11.4 Å². The Morgan fingerprint density at radius 1 is 1.14 bits per heavy atom. The number of hydrogen-bond donors (Lipinski definition) is 2. The highest BCUT2D eigenvalue weighted by Crippen LogP contribution is 2.23. The minimum absolute atomic E-state index is 0.296. The van der Waals surface area contributed by atoms with Crippen LogP contribution in [0, 0.1) is 13.8 Å². The first kappa shape index (κ1) is 22.0. The molecule has 2 N–H and O–H groups in total. The van der Waals surface area contributed by atoms with E-state index in [4.69, 9.17) is 9.47 Å². The van der Waals surface area contributed by atoms with Crippen LogP contribution in [-0.2, 0) is 14.3 Å². The van der Waals surface area contributed by atoms with E-state index in [-0.39, 0.29) is 5.91 Å². The van der Waals surface area contributed by atoms with Crippen LogP contribution in [0.15, 0.2) is 30.3 Å². The number of aryl methyl sites for hydroxylation is 1. The smallest absolute Gasteiger partial charge is 0.340 e. The largest absolute Gasteiger partial charge is 0.497 e. The van der Waals surface area contributed by atoms with Gasteiger partial charge in [-0.3, -0.25) is 9.59 Å². The molecule has 0 aliphatic heterocycles. The first-order chi connectivity index (χ1) is 13.8. The fraction of sp³-hybridized carbons (Fsp3) is 0.381. The quantitative estimate of drug-likeness (QED) is 0.659. The number of methoxy groups -OCH3 is 1. The maximum absolute atomic E-state index is 12.5. The molecule has 0 aliphatic carbocycles. The van der Waals surface area contributed by atoms with Gasteiger partial charge >= 0.3 is 5.97 Å². The van der Waals surface area contributed by atoms with E-state index in [1.54, 1.807) is 27.0 Å². The lowest BCUT2D eigenvalue weighted by Crippen LogP contribution is -2.46. The zero-order valence-electron chi connectivity index (χ0n) is 17.4. The standard InChI is InChI=1S/C21H27N3O5/c1-6-22-20(26)14(3)23-19(25)12-29-21(27)18-11-13(2)24(15(18)4)16-7-9-17(28-5)10-8-16/h7-11,14H,6,12H2,1-5H3,(H,22,26)(H,23,25)/t14-/m1/s1. The van der Waals surface area contributed by atoms with E-state index in [1.807, 2.05) is 42.7 Å². The molecule has 1 aromatic carbocycles. The van der Waals surface area contributed by atoms with E-state index in [9.17, 15) is 14.4 Å². The molecule has 8 heteroatoms. The average Bonchev–Trinajstić information content (AvgIpc) is 3.00. The van der Waals surface area contributed by atoms with Crippen molar-refractivity contribution in [1.82, 2.24) is 15.2 Å². The molecule has 0 unspecified atom stereocenters. The van der Waals surface area contributed by atoms with Gasteiger partial charge in [-0.05, 0) is 58.0 Å². The van der Waals surface area contributed by atoms with E-state index >= 15 is 0 Å². The van der Waals surface area contributed by atoms with Crippen LogP contribution in [0.3, 0.4) is 0 Å². The predicted molar refractivity (Wildman–Crippen MR) is 108 cm³/mol. The van der Waals surface area contributed by atoms with Crippen molar-refractivity contribution >= 4 is 17.8 Å². The summed E-state index contributed by atoms with van der Waals surface area (Å²) < 4.78 is 12.2. The van der Waals surface area contributed by atoms with Crippen LogP contribution >= 0.6 is 0 Å². The number of amides is 2. The van der Waals surface area contributed by atoms with Gasteiger partial charge in [0.1, 0.15) is 11.8 Å². The van der Waals surface area contributed by atoms with Gasteiger partial charge in [-0.1, -0.05) is 0 Å². The summed E-state index contributed by atoms with van der Waals surface area (Å²) in [6.07, 6.45) is 0. The normalized spacial score (nSPS) is 11.5. The van der Waals surface area contributed by atoms with Gasteiger partial charge in [0.2, 0.25) is 5.91 Å². The van der Waals surface area contributed by atoms with Crippen LogP contribution < -0.4 is 15.4 Å². The van der Waals surface area contributed by atoms with Crippen molar-refractivity contribution in [2.24, 2.45) is 0 Å². The molecule has 0 saturated heterocycles. The maximum Gasteiger partial charge on any atom is 0.340 e. The van der Waals surface area contributed by atoms with Crippen LogP contribution in [0.5, 0.6) is 5.75 Å². The Morgan fingerprint density at radius 2 is 1.79 bits per heavy atom. The van der Waals surface area contributed by atoms with Gasteiger partial charge in [0.05, 0.1) is 12.7 Å². The van der Waals surface area contributed by atoms with Crippen LogP contribution in [0.2, 0.25) is 0 Å². The number of carbonyl (C=O) groups is 3. The highest BCUT2D eigenvalue weighted by atomic mass is 16.5. The van der Waals surface area contributed by atoms with Crippen LogP contribution in [0.1, 0.15) is 35.6 Å². The molecule has 156 valence electrons. The van der Waals surface area contributed by atoms with Gasteiger partial charge in [0.15, 0.2) is 6.61 Å². The number of nitrogens with zero attached hydrogens (tertiary/aromatic N) is 1. The SMILES string of the molecule is CCNC(=O)[C@@H](C)NC(=O)COC(=O)c1cc(C)n(-c2ccc(OC)cc2)c1C. The molecular formula is C21H27N3O5. The predicted octanol–water partition coefficient (Wildman–Crippen LogP) is 1.90. The van der Waals surface area contributed by atoms with E-state index < -0.39 is 24.5 Å². The van der Waals surface area contributed by atoms with Gasteiger partial charge in [0, 0.05) is 23.6 Å². The zero-order chi connectivity index (χ0) is 21.6. The monoisotopic (exact) mass is 401 g/mol. The number of rotatable bonds is 8. The Morgan fingerprint density at radius 3 is 2.38 bits per heavy atom. The number of benzene rings is 1. The first-order valence-electron chi connectivity index (χ1n) is 9.36. The van der Waals surface area contributed by atoms with Crippen molar-refractivity contribution in [1.29, 1.82) is 0 Å². The molecule has 8 nitrogen and oxygen atoms in total. The third-order valence-electron chi connectivity index (χ3n) is 4.44. The fourth-order valence-electron chi connectivity index (χ4n) is 2.98. The third kappa shape index (κ3) is 5.37. The molecule has 2 aromatic rings. The fourth-order valence-corrected chi connectivity index (χ4v) is 2.98. The van der Waals surface area contributed by atoms with Crippen LogP contribution in [0.25, 0.3) is 5.69 Å². The summed E-state index contributed by atoms with van der Waals surface area (Å²) in [7, 11) is 1.60. The summed E-state index contributed by atoms with van der Waals surface area (Å²) in [5, 5.41) is 5.10. The van der Waals surface area contributed by atoms with Crippen molar-refractivity contribution < 1.29 is 23.9 Å². The number of hydrogen-bond acceptors (Lipinski definition) is 5. The number of ether oxygens (including phenoxy) is 2. The van der Waals surface area contributed by atoms with Crippen molar-refractivity contribution in [3.05, 3.63) is 47.3 Å². The molecule has 29 heavy (non-hydrogen) atoms. The topological polar surface area (TPSA) is 98.7 Å². The van der Waals surface area contributed by atoms with Crippen LogP contribution in [-0.4, -0.2) is 48.7 Å². The number of esters is 1. The molecule has 0 spiro atoms. The molecule has 0 fully saturated rings. The second-order valence-electron chi connectivity index (χ2n) is 6.58. The van der Waals surface area contributed by atoms with Crippen molar-refractivity contribution in [2.75, 3.05) is 20.3 Å². The molecule has 0 aliphatic rings. The van der Waals surface area contributed by atoms with Gasteiger partial charge in [-0.25, -0.2) is 4.79 Å². The molecule has 2 amide bonds. The molecule has 1 aromatic heterocycles. The number of carbonyl (C=O) groups excluding carboxylic acids is 3. The second-order valence-corrected chi connectivity index (χ2v) is 6.58. The van der Waals surface area contributed by atoms with Crippen molar-refractivity contribution in [3.63, 3.8) is 0 Å². The van der Waals surface area contributed by atoms with E-state index in [0.29, 0.717) is 17.8 Å². The third-order valence-corrected chi connectivity index (χ3v) is 4.44. The first-order valence-corrected chi connectivity index (χ1v) is 9.36. The van der Waals surface area contributed by atoms with E-state index in [0.717, 1.165) is 17.1 Å². The summed E-state index contributed by atoms with van der Waals surface area (Å²) in [4.78, 5) is 36.1. The molecule has 0 bridgehead atoms. The van der Waals surface area contributed by atoms with Gasteiger partial charge in [-0.2, -0.15) is 0 Å².